The SMILES string of the molecule is CCCCCCCCCCCCc1cc(-c2cc(CCCCCCCCCCCC)[c]([Sn]([CH3])([CH3])[CH3])s2)s[c]1[Sn]([CH3])[CH3]. The van der Waals surface area contributed by atoms with E-state index >= 15 is 0 Å². The van der Waals surface area contributed by atoms with Gasteiger partial charge in [0.25, 0.3) is 0 Å². The van der Waals surface area contributed by atoms with Crippen molar-refractivity contribution in [3.8, 4) is 9.75 Å². The summed E-state index contributed by atoms with van der Waals surface area (Å²) in [6.07, 6.45) is 31.3. The molecule has 0 amide bonds. The molecule has 0 saturated heterocycles. The first kappa shape index (κ1) is 38.2. The number of hydrogen-bond acceptors (Lipinski definition) is 2. The van der Waals surface area contributed by atoms with Crippen molar-refractivity contribution < 1.29 is 0 Å². The standard InChI is InChI=1S/C32H52S2.5CH3.2Sn/c1-3-5-7-9-11-13-15-17-19-21-23-29-25-31(33-27-29)32-26-30(28-34-32)24-22-20-18-16-14-12-10-8-6-4-2;;;;;;;/h25-26H,3-24H2,1-2H3;5*1H3;;. The minimum atomic E-state index is -2.13. The van der Waals surface area contributed by atoms with Crippen LogP contribution in [0.5, 0.6) is 0 Å². The Balaban J connectivity index is 1.88. The number of unbranched alkanes of at least 4 members (excludes halogenated alkanes) is 18. The molecule has 2 rings (SSSR count). The molecule has 235 valence electrons. The van der Waals surface area contributed by atoms with Crippen LogP contribution in [0, 0.1) is 0 Å². The van der Waals surface area contributed by atoms with Crippen molar-refractivity contribution in [2.24, 2.45) is 0 Å². The van der Waals surface area contributed by atoms with Crippen LogP contribution in [0.4, 0.5) is 0 Å². The summed E-state index contributed by atoms with van der Waals surface area (Å²) in [5.74, 6) is 0. The third-order valence-electron chi connectivity index (χ3n) is 8.60. The summed E-state index contributed by atoms with van der Waals surface area (Å²) in [5, 5.41) is 0. The Morgan fingerprint density at radius 1 is 0.512 bits per heavy atom. The zero-order valence-corrected chi connectivity index (χ0v) is 35.9. The van der Waals surface area contributed by atoms with Crippen LogP contribution in [0.1, 0.15) is 153 Å². The number of aryl methyl sites for hydroxylation is 2. The van der Waals surface area contributed by atoms with Crippen molar-refractivity contribution in [1.29, 1.82) is 0 Å². The summed E-state index contributed by atoms with van der Waals surface area (Å²) < 4.78 is 3.70. The normalized spacial score (nSPS) is 12.2. The molecule has 1 radical (unpaired) electrons. The quantitative estimate of drug-likeness (QED) is 0.0692. The van der Waals surface area contributed by atoms with Crippen LogP contribution in [0.25, 0.3) is 9.75 Å². The molecular formula is C37H67S2Sn2. The van der Waals surface area contributed by atoms with Gasteiger partial charge in [-0.3, -0.25) is 0 Å². The Labute approximate surface area is 276 Å². The van der Waals surface area contributed by atoms with Gasteiger partial charge in [0.05, 0.1) is 0 Å². The van der Waals surface area contributed by atoms with E-state index in [2.05, 4.69) is 73.4 Å². The van der Waals surface area contributed by atoms with Crippen LogP contribution < -0.4 is 5.79 Å². The molecule has 0 nitrogen and oxygen atoms in total. The van der Waals surface area contributed by atoms with Gasteiger partial charge in [0.2, 0.25) is 0 Å². The van der Waals surface area contributed by atoms with E-state index in [1.807, 2.05) is 5.79 Å². The van der Waals surface area contributed by atoms with E-state index in [0.29, 0.717) is 0 Å². The van der Waals surface area contributed by atoms with Gasteiger partial charge >= 0.3 is 253 Å². The van der Waals surface area contributed by atoms with E-state index in [4.69, 9.17) is 0 Å². The molecule has 0 aliphatic carbocycles. The molecule has 2 aromatic heterocycles. The van der Waals surface area contributed by atoms with E-state index in [9.17, 15) is 0 Å². The molecule has 0 saturated carbocycles. The number of rotatable bonds is 25. The van der Waals surface area contributed by atoms with Crippen LogP contribution >= 0.6 is 22.7 Å². The van der Waals surface area contributed by atoms with E-state index in [1.54, 1.807) is 20.9 Å². The summed E-state index contributed by atoms with van der Waals surface area (Å²) in [4.78, 5) is 16.3. The van der Waals surface area contributed by atoms with Crippen molar-refractivity contribution in [3.05, 3.63) is 23.3 Å². The summed E-state index contributed by atoms with van der Waals surface area (Å²) in [7, 11) is 0. The fourth-order valence-corrected chi connectivity index (χ4v) is 20.6. The number of thiophene rings is 2. The summed E-state index contributed by atoms with van der Waals surface area (Å²) in [6.45, 7) is 4.63. The fourth-order valence-electron chi connectivity index (χ4n) is 6.14. The second kappa shape index (κ2) is 22.5. The average molecular weight is 813 g/mol. The molecule has 2 heterocycles. The molecule has 0 fully saturated rings. The molecule has 0 bridgehead atoms. The van der Waals surface area contributed by atoms with Crippen LogP contribution in [0.3, 0.4) is 0 Å². The van der Waals surface area contributed by atoms with Crippen molar-refractivity contribution in [3.63, 3.8) is 0 Å². The first-order chi connectivity index (χ1) is 19.8. The van der Waals surface area contributed by atoms with Gasteiger partial charge in [0, 0.05) is 0 Å². The van der Waals surface area contributed by atoms with Crippen molar-refractivity contribution in [2.45, 2.75) is 180 Å². The minimum absolute atomic E-state index is 1.32. The van der Waals surface area contributed by atoms with Gasteiger partial charge in [-0.1, -0.05) is 26.7 Å². The maximum atomic E-state index is 2.66. The van der Waals surface area contributed by atoms with Gasteiger partial charge in [-0.25, -0.2) is 0 Å². The number of hydrogen-bond donors (Lipinski definition) is 0. The van der Waals surface area contributed by atoms with E-state index in [-0.39, 0.29) is 0 Å². The fraction of sp³-hybridized carbons (Fsp3) is 0.784. The predicted molar refractivity (Wildman–Crippen MR) is 199 cm³/mol. The van der Waals surface area contributed by atoms with E-state index in [0.717, 1.165) is 0 Å². The topological polar surface area (TPSA) is 0 Å². The Morgan fingerprint density at radius 2 is 0.878 bits per heavy atom. The van der Waals surface area contributed by atoms with Crippen molar-refractivity contribution in [2.75, 3.05) is 0 Å². The third-order valence-corrected chi connectivity index (χ3v) is 27.7. The molecular weight excluding hydrogens is 746 g/mol. The van der Waals surface area contributed by atoms with Gasteiger partial charge in [-0.15, -0.1) is 0 Å². The Hall–Kier alpha value is 0.997. The van der Waals surface area contributed by atoms with Crippen molar-refractivity contribution in [1.82, 2.24) is 0 Å². The predicted octanol–water partition coefficient (Wildman–Crippen LogP) is 12.9. The molecule has 0 unspecified atom stereocenters. The molecule has 0 N–H and O–H groups in total. The molecule has 0 spiro atoms. The van der Waals surface area contributed by atoms with Gasteiger partial charge in [-0.2, -0.15) is 0 Å². The molecule has 41 heavy (non-hydrogen) atoms. The first-order valence-electron chi connectivity index (χ1n) is 17.8. The Bertz CT molecular complexity index is 918. The zero-order chi connectivity index (χ0) is 29.9. The average Bonchev–Trinajstić information content (AvgIpc) is 3.56. The second-order valence-corrected chi connectivity index (χ2v) is 39.6. The van der Waals surface area contributed by atoms with Crippen molar-refractivity contribution >= 4 is 66.6 Å². The molecule has 0 atom stereocenters. The van der Waals surface area contributed by atoms with E-state index < -0.39 is 38.1 Å². The van der Waals surface area contributed by atoms with Crippen LogP contribution in [0.15, 0.2) is 12.1 Å². The third kappa shape index (κ3) is 15.7. The molecule has 0 aromatic carbocycles. The van der Waals surface area contributed by atoms with E-state index in [1.165, 1.54) is 141 Å². The Kier molecular flexibility index (Phi) is 20.9. The van der Waals surface area contributed by atoms with Crippen LogP contribution in [-0.4, -0.2) is 38.1 Å². The van der Waals surface area contributed by atoms with Gasteiger partial charge in [0.1, 0.15) is 0 Å². The Morgan fingerprint density at radius 3 is 1.29 bits per heavy atom. The van der Waals surface area contributed by atoms with Crippen LogP contribution in [-0.2, 0) is 12.8 Å². The maximum absolute atomic E-state index is 2.66. The molecule has 0 aliphatic rings. The van der Waals surface area contributed by atoms with Gasteiger partial charge < -0.3 is 0 Å². The molecule has 2 aromatic rings. The summed E-state index contributed by atoms with van der Waals surface area (Å²) in [6, 6.07) is 5.31. The first-order valence-corrected chi connectivity index (χ1v) is 36.6. The second-order valence-electron chi connectivity index (χ2n) is 14.0. The monoisotopic (exact) mass is 815 g/mol. The van der Waals surface area contributed by atoms with Gasteiger partial charge in [-0.05, 0) is 0 Å². The molecule has 0 aliphatic heterocycles. The zero-order valence-electron chi connectivity index (χ0n) is 28.5. The summed E-state index contributed by atoms with van der Waals surface area (Å²) >= 11 is 0.876. The summed E-state index contributed by atoms with van der Waals surface area (Å²) in [5.41, 5.74) is 3.49. The van der Waals surface area contributed by atoms with Crippen LogP contribution in [0.2, 0.25) is 24.7 Å². The van der Waals surface area contributed by atoms with Gasteiger partial charge in [0.15, 0.2) is 0 Å². The molecule has 4 heteroatoms.